The summed E-state index contributed by atoms with van der Waals surface area (Å²) in [5, 5.41) is 6.77. The molecular formula is C19H21FN4O2S. The number of halogens is 1. The SMILES string of the molecule is CCn1cc(-c2n[nH]c(=S)o2)c(=O)c2cc(F)c(N3CCCCCC3)cc21. The second kappa shape index (κ2) is 7.26. The summed E-state index contributed by atoms with van der Waals surface area (Å²) in [5.41, 5.74) is 1.22. The highest BCUT2D eigenvalue weighted by Crippen LogP contribution is 2.28. The number of aryl methyl sites for hydroxylation is 1. The van der Waals surface area contributed by atoms with Gasteiger partial charge >= 0.3 is 0 Å². The number of aromatic nitrogens is 3. The van der Waals surface area contributed by atoms with Crippen molar-refractivity contribution in [2.24, 2.45) is 0 Å². The minimum atomic E-state index is -0.371. The van der Waals surface area contributed by atoms with Gasteiger partial charge in [-0.3, -0.25) is 4.79 Å². The summed E-state index contributed by atoms with van der Waals surface area (Å²) in [4.78, 5) is 15.1. The summed E-state index contributed by atoms with van der Waals surface area (Å²) in [6.45, 7) is 4.28. The van der Waals surface area contributed by atoms with Crippen molar-refractivity contribution < 1.29 is 8.81 Å². The van der Waals surface area contributed by atoms with Crippen LogP contribution in [0.15, 0.2) is 27.5 Å². The number of aromatic amines is 1. The van der Waals surface area contributed by atoms with Crippen molar-refractivity contribution in [1.82, 2.24) is 14.8 Å². The van der Waals surface area contributed by atoms with E-state index in [-0.39, 0.29) is 27.5 Å². The highest BCUT2D eigenvalue weighted by Gasteiger charge is 2.19. The molecule has 1 aliphatic heterocycles. The Morgan fingerprint density at radius 2 is 2.00 bits per heavy atom. The van der Waals surface area contributed by atoms with E-state index in [4.69, 9.17) is 16.6 Å². The van der Waals surface area contributed by atoms with Crippen molar-refractivity contribution in [3.63, 3.8) is 0 Å². The van der Waals surface area contributed by atoms with E-state index in [2.05, 4.69) is 15.1 Å². The molecule has 1 N–H and O–H groups in total. The molecule has 8 heteroatoms. The second-order valence-electron chi connectivity index (χ2n) is 6.80. The summed E-state index contributed by atoms with van der Waals surface area (Å²) >= 11 is 4.90. The van der Waals surface area contributed by atoms with Crippen LogP contribution >= 0.6 is 12.2 Å². The molecule has 3 heterocycles. The van der Waals surface area contributed by atoms with Gasteiger partial charge in [-0.15, -0.1) is 5.10 Å². The van der Waals surface area contributed by atoms with E-state index >= 15 is 0 Å². The molecule has 1 aromatic carbocycles. The topological polar surface area (TPSA) is 67.1 Å². The molecule has 27 heavy (non-hydrogen) atoms. The quantitative estimate of drug-likeness (QED) is 0.680. The van der Waals surface area contributed by atoms with Gasteiger partial charge in [-0.1, -0.05) is 12.8 Å². The van der Waals surface area contributed by atoms with Gasteiger partial charge in [0.25, 0.3) is 10.7 Å². The zero-order valence-corrected chi connectivity index (χ0v) is 15.9. The first-order valence-corrected chi connectivity index (χ1v) is 9.67. The Bertz CT molecular complexity index is 1090. The number of pyridine rings is 1. The molecule has 1 fully saturated rings. The van der Waals surface area contributed by atoms with E-state index in [1.807, 2.05) is 11.5 Å². The lowest BCUT2D eigenvalue weighted by molar-refractivity contribution is 0.550. The fourth-order valence-electron chi connectivity index (χ4n) is 3.71. The van der Waals surface area contributed by atoms with Crippen LogP contribution in [-0.2, 0) is 6.54 Å². The average molecular weight is 388 g/mol. The summed E-state index contributed by atoms with van der Waals surface area (Å²) in [6, 6.07) is 3.14. The van der Waals surface area contributed by atoms with Crippen LogP contribution in [0.2, 0.25) is 0 Å². The Hall–Kier alpha value is -2.48. The average Bonchev–Trinajstić information content (AvgIpc) is 2.92. The van der Waals surface area contributed by atoms with Gasteiger partial charge in [0.15, 0.2) is 0 Å². The molecule has 0 radical (unpaired) electrons. The van der Waals surface area contributed by atoms with Crippen LogP contribution in [0.4, 0.5) is 10.1 Å². The van der Waals surface area contributed by atoms with Crippen LogP contribution in [0, 0.1) is 10.7 Å². The van der Waals surface area contributed by atoms with Gasteiger partial charge in [-0.05, 0) is 44.1 Å². The number of benzene rings is 1. The Balaban J connectivity index is 1.91. The van der Waals surface area contributed by atoms with Crippen LogP contribution in [0.3, 0.4) is 0 Å². The van der Waals surface area contributed by atoms with Crippen molar-refractivity contribution in [3.8, 4) is 11.5 Å². The molecule has 0 unspecified atom stereocenters. The minimum absolute atomic E-state index is 0.0928. The maximum absolute atomic E-state index is 14.9. The predicted molar refractivity (Wildman–Crippen MR) is 105 cm³/mol. The lowest BCUT2D eigenvalue weighted by Gasteiger charge is -2.24. The monoisotopic (exact) mass is 388 g/mol. The van der Waals surface area contributed by atoms with E-state index < -0.39 is 0 Å². The molecule has 0 spiro atoms. The predicted octanol–water partition coefficient (Wildman–Crippen LogP) is 4.25. The molecule has 0 atom stereocenters. The first-order chi connectivity index (χ1) is 13.1. The van der Waals surface area contributed by atoms with E-state index in [9.17, 15) is 9.18 Å². The first-order valence-electron chi connectivity index (χ1n) is 9.26. The molecule has 3 aromatic rings. The molecule has 0 saturated carbocycles. The summed E-state index contributed by atoms with van der Waals surface area (Å²) in [5.74, 6) is -0.254. The summed E-state index contributed by atoms with van der Waals surface area (Å²) < 4.78 is 22.2. The van der Waals surface area contributed by atoms with Crippen molar-refractivity contribution in [1.29, 1.82) is 0 Å². The highest BCUT2D eigenvalue weighted by molar-refractivity contribution is 7.71. The smallest absolute Gasteiger partial charge is 0.284 e. The van der Waals surface area contributed by atoms with Crippen LogP contribution in [0.25, 0.3) is 22.4 Å². The van der Waals surface area contributed by atoms with Gasteiger partial charge in [-0.25, -0.2) is 9.49 Å². The zero-order chi connectivity index (χ0) is 19.0. The number of H-pyrrole nitrogens is 1. The Morgan fingerprint density at radius 1 is 1.26 bits per heavy atom. The fourth-order valence-corrected chi connectivity index (χ4v) is 3.84. The van der Waals surface area contributed by atoms with E-state index in [1.54, 1.807) is 12.3 Å². The Morgan fingerprint density at radius 3 is 2.63 bits per heavy atom. The maximum atomic E-state index is 14.9. The van der Waals surface area contributed by atoms with Crippen LogP contribution < -0.4 is 10.3 Å². The molecule has 0 bridgehead atoms. The third kappa shape index (κ3) is 3.29. The Kier molecular flexibility index (Phi) is 4.82. The van der Waals surface area contributed by atoms with Crippen LogP contribution in [-0.4, -0.2) is 27.9 Å². The van der Waals surface area contributed by atoms with Crippen molar-refractivity contribution in [2.45, 2.75) is 39.2 Å². The summed E-state index contributed by atoms with van der Waals surface area (Å²) in [6.07, 6.45) is 6.16. The van der Waals surface area contributed by atoms with Crippen molar-refractivity contribution >= 4 is 28.8 Å². The Labute approximate surface area is 160 Å². The summed E-state index contributed by atoms with van der Waals surface area (Å²) in [7, 11) is 0. The zero-order valence-electron chi connectivity index (χ0n) is 15.1. The molecule has 1 aliphatic rings. The van der Waals surface area contributed by atoms with Gasteiger partial charge in [0.05, 0.1) is 11.2 Å². The van der Waals surface area contributed by atoms with Gasteiger partial charge < -0.3 is 13.9 Å². The minimum Gasteiger partial charge on any atom is -0.409 e. The molecule has 6 nitrogen and oxygen atoms in total. The first kappa shape index (κ1) is 17.9. The molecule has 142 valence electrons. The van der Waals surface area contributed by atoms with Gasteiger partial charge in [0.1, 0.15) is 11.4 Å². The van der Waals surface area contributed by atoms with E-state index in [0.717, 1.165) is 25.9 Å². The lowest BCUT2D eigenvalue weighted by atomic mass is 10.1. The number of anilines is 1. The van der Waals surface area contributed by atoms with Gasteiger partial charge in [0.2, 0.25) is 5.43 Å². The highest BCUT2D eigenvalue weighted by atomic mass is 32.1. The third-order valence-electron chi connectivity index (χ3n) is 5.10. The lowest BCUT2D eigenvalue weighted by Crippen LogP contribution is -2.25. The number of nitrogens with one attached hydrogen (secondary N) is 1. The molecular weight excluding hydrogens is 367 g/mol. The number of fused-ring (bicyclic) bond motifs is 1. The van der Waals surface area contributed by atoms with Crippen LogP contribution in [0.1, 0.15) is 32.6 Å². The molecule has 0 amide bonds. The largest absolute Gasteiger partial charge is 0.409 e. The van der Waals surface area contributed by atoms with E-state index in [0.29, 0.717) is 23.1 Å². The molecule has 2 aromatic heterocycles. The molecule has 1 saturated heterocycles. The number of hydrogen-bond acceptors (Lipinski definition) is 5. The van der Waals surface area contributed by atoms with Crippen LogP contribution in [0.5, 0.6) is 0 Å². The van der Waals surface area contributed by atoms with Gasteiger partial charge in [-0.2, -0.15) is 0 Å². The molecule has 4 rings (SSSR count). The standard InChI is InChI=1S/C19H21FN4O2S/c1-2-23-11-13(18-21-22-19(27)26-18)17(25)12-9-14(20)16(10-15(12)23)24-7-5-3-4-6-8-24/h9-11H,2-8H2,1H3,(H,22,27). The normalized spacial score (nSPS) is 15.3. The number of rotatable bonds is 3. The van der Waals surface area contributed by atoms with E-state index in [1.165, 1.54) is 18.9 Å². The molecule has 0 aliphatic carbocycles. The fraction of sp³-hybridized carbons (Fsp3) is 0.421. The number of hydrogen-bond donors (Lipinski definition) is 1. The number of nitrogens with zero attached hydrogens (tertiary/aromatic N) is 3. The van der Waals surface area contributed by atoms with Crippen molar-refractivity contribution in [2.75, 3.05) is 18.0 Å². The maximum Gasteiger partial charge on any atom is 0.284 e. The van der Waals surface area contributed by atoms with Crippen molar-refractivity contribution in [3.05, 3.63) is 39.2 Å². The third-order valence-corrected chi connectivity index (χ3v) is 5.28. The van der Waals surface area contributed by atoms with Gasteiger partial charge in [0, 0.05) is 31.2 Å². The second-order valence-corrected chi connectivity index (χ2v) is 7.17.